The van der Waals surface area contributed by atoms with Crippen molar-refractivity contribution in [3.63, 3.8) is 0 Å². The van der Waals surface area contributed by atoms with E-state index in [4.69, 9.17) is 19.9 Å². The van der Waals surface area contributed by atoms with Crippen LogP contribution in [-0.4, -0.2) is 33.9 Å². The molecule has 0 saturated heterocycles. The maximum Gasteiger partial charge on any atom is 0.303 e. The van der Waals surface area contributed by atoms with Crippen LogP contribution in [0.3, 0.4) is 0 Å². The zero-order chi connectivity index (χ0) is 15.5. The molecule has 2 N–H and O–H groups in total. The maximum absolute atomic E-state index is 11.7. The van der Waals surface area contributed by atoms with Crippen LogP contribution >= 0.6 is 0 Å². The summed E-state index contributed by atoms with van der Waals surface area (Å²) in [5.41, 5.74) is 6.33. The minimum absolute atomic E-state index is 0.0949. The fourth-order valence-electron chi connectivity index (χ4n) is 1.93. The van der Waals surface area contributed by atoms with Gasteiger partial charge in [0.15, 0.2) is 0 Å². The lowest BCUT2D eigenvalue weighted by Gasteiger charge is -2.13. The van der Waals surface area contributed by atoms with E-state index in [-0.39, 0.29) is 26.0 Å². The number of methoxy groups -OCH3 is 1. The number of ether oxygens (including phenoxy) is 2. The summed E-state index contributed by atoms with van der Waals surface area (Å²) < 4.78 is 15.5. The number of benzene rings is 1. The molecule has 0 aromatic heterocycles. The third-order valence-electron chi connectivity index (χ3n) is 3.14. The lowest BCUT2D eigenvalue weighted by molar-refractivity contribution is -0.140. The SMILES string of the molecule is CCCCOc1ccc(C[C@H](BOCN)C(=O)OC)cc1. The molecule has 0 spiro atoms. The Kier molecular flexibility index (Phi) is 8.54. The average molecular weight is 293 g/mol. The quantitative estimate of drug-likeness (QED) is 0.307. The Hall–Kier alpha value is -1.53. The molecule has 0 amide bonds. The van der Waals surface area contributed by atoms with Gasteiger partial charge in [0.2, 0.25) is 0 Å². The number of nitrogens with two attached hydrogens (primary N) is 1. The molecule has 0 aliphatic heterocycles. The summed E-state index contributed by atoms with van der Waals surface area (Å²) in [6.45, 7) is 2.95. The van der Waals surface area contributed by atoms with Gasteiger partial charge in [-0.05, 0) is 30.5 Å². The number of unbranched alkanes of at least 4 members (excludes halogenated alkanes) is 1. The third-order valence-corrected chi connectivity index (χ3v) is 3.14. The van der Waals surface area contributed by atoms with E-state index >= 15 is 0 Å². The van der Waals surface area contributed by atoms with Crippen LogP contribution in [0.1, 0.15) is 25.3 Å². The molecule has 0 radical (unpaired) electrons. The largest absolute Gasteiger partial charge is 0.494 e. The van der Waals surface area contributed by atoms with Gasteiger partial charge in [-0.1, -0.05) is 25.5 Å². The zero-order valence-corrected chi connectivity index (χ0v) is 12.8. The van der Waals surface area contributed by atoms with Crippen molar-refractivity contribution in [1.82, 2.24) is 0 Å². The number of esters is 1. The highest BCUT2D eigenvalue weighted by atomic mass is 16.5. The van der Waals surface area contributed by atoms with Crippen molar-refractivity contribution in [1.29, 1.82) is 0 Å². The van der Waals surface area contributed by atoms with E-state index in [0.717, 1.165) is 30.8 Å². The van der Waals surface area contributed by atoms with Crippen LogP contribution in [-0.2, 0) is 20.6 Å². The maximum atomic E-state index is 11.7. The van der Waals surface area contributed by atoms with E-state index in [1.807, 2.05) is 24.3 Å². The Morgan fingerprint density at radius 2 is 2.05 bits per heavy atom. The normalized spacial score (nSPS) is 11.8. The Bertz CT molecular complexity index is 411. The Labute approximate surface area is 127 Å². The molecule has 0 fully saturated rings. The molecule has 0 aliphatic carbocycles. The van der Waals surface area contributed by atoms with Crippen molar-refractivity contribution in [2.75, 3.05) is 20.4 Å². The fourth-order valence-corrected chi connectivity index (χ4v) is 1.93. The van der Waals surface area contributed by atoms with Gasteiger partial charge in [-0.25, -0.2) is 0 Å². The molecule has 0 saturated carbocycles. The van der Waals surface area contributed by atoms with Crippen molar-refractivity contribution in [3.05, 3.63) is 29.8 Å². The summed E-state index contributed by atoms with van der Waals surface area (Å²) in [5, 5.41) is 0. The number of carbonyl (C=O) groups excluding carboxylic acids is 1. The summed E-state index contributed by atoms with van der Waals surface area (Å²) in [4.78, 5) is 11.7. The lowest BCUT2D eigenvalue weighted by atomic mass is 9.76. The van der Waals surface area contributed by atoms with E-state index in [1.54, 1.807) is 0 Å². The minimum Gasteiger partial charge on any atom is -0.494 e. The molecular formula is C15H24BNO4. The topological polar surface area (TPSA) is 70.8 Å². The molecule has 1 aromatic carbocycles. The summed E-state index contributed by atoms with van der Waals surface area (Å²) in [6, 6.07) is 7.76. The number of hydrogen-bond donors (Lipinski definition) is 1. The van der Waals surface area contributed by atoms with E-state index in [9.17, 15) is 4.79 Å². The van der Waals surface area contributed by atoms with Crippen LogP contribution in [0.2, 0.25) is 5.82 Å². The second-order valence-corrected chi connectivity index (χ2v) is 4.81. The van der Waals surface area contributed by atoms with Gasteiger partial charge in [-0.2, -0.15) is 0 Å². The molecule has 0 bridgehead atoms. The molecule has 1 rings (SSSR count). The number of carbonyl (C=O) groups is 1. The summed E-state index contributed by atoms with van der Waals surface area (Å²) >= 11 is 0. The molecule has 0 heterocycles. The van der Waals surface area contributed by atoms with Crippen LogP contribution in [0, 0.1) is 0 Å². The Morgan fingerprint density at radius 1 is 1.33 bits per heavy atom. The van der Waals surface area contributed by atoms with Gasteiger partial charge >= 0.3 is 5.97 Å². The standard InChI is InChI=1S/C15H24BNO4/c1-3-4-9-20-13-7-5-12(6-8-13)10-14(15(18)19-2)16-21-11-17/h5-8,14,16H,3-4,9-11,17H2,1-2H3/t14-/m0/s1. The predicted octanol–water partition coefficient (Wildman–Crippen LogP) is 1.65. The summed E-state index contributed by atoms with van der Waals surface area (Å²) in [6.07, 6.45) is 2.71. The Balaban J connectivity index is 2.56. The molecule has 0 aliphatic rings. The van der Waals surface area contributed by atoms with E-state index < -0.39 is 0 Å². The third kappa shape index (κ3) is 6.64. The first-order chi connectivity index (χ1) is 10.2. The second-order valence-electron chi connectivity index (χ2n) is 4.81. The predicted molar refractivity (Wildman–Crippen MR) is 83.6 cm³/mol. The lowest BCUT2D eigenvalue weighted by Crippen LogP contribution is -2.23. The first-order valence-electron chi connectivity index (χ1n) is 7.28. The van der Waals surface area contributed by atoms with Crippen LogP contribution in [0.4, 0.5) is 0 Å². The van der Waals surface area contributed by atoms with Gasteiger partial charge in [0.1, 0.15) is 5.75 Å². The van der Waals surface area contributed by atoms with Crippen LogP contribution < -0.4 is 10.5 Å². The van der Waals surface area contributed by atoms with Gasteiger partial charge in [-0.3, -0.25) is 4.79 Å². The van der Waals surface area contributed by atoms with Gasteiger partial charge < -0.3 is 19.9 Å². The van der Waals surface area contributed by atoms with E-state index in [2.05, 4.69) is 6.92 Å². The molecule has 1 aromatic rings. The van der Waals surface area contributed by atoms with Crippen molar-refractivity contribution >= 4 is 13.5 Å². The van der Waals surface area contributed by atoms with Gasteiger partial charge in [0.05, 0.1) is 26.3 Å². The molecule has 0 unspecified atom stereocenters. The molecule has 21 heavy (non-hydrogen) atoms. The zero-order valence-electron chi connectivity index (χ0n) is 12.8. The Morgan fingerprint density at radius 3 is 2.62 bits per heavy atom. The number of rotatable bonds is 10. The molecule has 1 atom stereocenters. The van der Waals surface area contributed by atoms with Crippen molar-refractivity contribution in [2.45, 2.75) is 32.0 Å². The summed E-state index contributed by atoms with van der Waals surface area (Å²) in [7, 11) is 1.64. The van der Waals surface area contributed by atoms with Gasteiger partial charge in [-0.15, -0.1) is 0 Å². The summed E-state index contributed by atoms with van der Waals surface area (Å²) in [5.74, 6) is 0.220. The van der Waals surface area contributed by atoms with Crippen LogP contribution in [0.25, 0.3) is 0 Å². The van der Waals surface area contributed by atoms with Crippen molar-refractivity contribution < 1.29 is 18.9 Å². The highest BCUT2D eigenvalue weighted by Crippen LogP contribution is 2.18. The fraction of sp³-hybridized carbons (Fsp3) is 0.533. The number of hydrogen-bond acceptors (Lipinski definition) is 5. The van der Waals surface area contributed by atoms with E-state index in [0.29, 0.717) is 6.42 Å². The molecule has 6 heteroatoms. The van der Waals surface area contributed by atoms with Crippen LogP contribution in [0.15, 0.2) is 24.3 Å². The van der Waals surface area contributed by atoms with Gasteiger partial charge in [0, 0.05) is 0 Å². The average Bonchev–Trinajstić information content (AvgIpc) is 2.52. The first-order valence-corrected chi connectivity index (χ1v) is 7.28. The minimum atomic E-state index is -0.342. The smallest absolute Gasteiger partial charge is 0.303 e. The van der Waals surface area contributed by atoms with Crippen LogP contribution in [0.5, 0.6) is 5.75 Å². The highest BCUT2D eigenvalue weighted by molar-refractivity contribution is 6.36. The van der Waals surface area contributed by atoms with E-state index in [1.165, 1.54) is 7.11 Å². The molecule has 5 nitrogen and oxygen atoms in total. The highest BCUT2D eigenvalue weighted by Gasteiger charge is 2.21. The van der Waals surface area contributed by atoms with Crippen molar-refractivity contribution in [2.24, 2.45) is 5.73 Å². The monoisotopic (exact) mass is 293 g/mol. The molecule has 116 valence electrons. The second kappa shape index (κ2) is 10.2. The van der Waals surface area contributed by atoms with Crippen molar-refractivity contribution in [3.8, 4) is 5.75 Å². The molecular weight excluding hydrogens is 269 g/mol. The first kappa shape index (κ1) is 17.5. The van der Waals surface area contributed by atoms with Gasteiger partial charge in [0.25, 0.3) is 7.48 Å².